The predicted molar refractivity (Wildman–Crippen MR) is 428 cm³/mol. The largest absolute Gasteiger partial charge is 0.422 e. The van der Waals surface area contributed by atoms with Gasteiger partial charge in [0.05, 0.1) is 34.1 Å². The number of para-hydroxylation sites is 7. The maximum atomic E-state index is 7.78. The number of fused-ring (bicyclic) bond motifs is 10. The first-order chi connectivity index (χ1) is 49.1. The quantitative estimate of drug-likeness (QED) is 0.132. The van der Waals surface area contributed by atoms with Gasteiger partial charge < -0.3 is 9.64 Å². The van der Waals surface area contributed by atoms with Crippen LogP contribution in [-0.2, 0) is 21.7 Å². The van der Waals surface area contributed by atoms with E-state index in [0.29, 0.717) is 11.8 Å². The molecule has 11 heteroatoms. The molecule has 0 atom stereocenters. The summed E-state index contributed by atoms with van der Waals surface area (Å²) in [6, 6.07) is 81.5. The van der Waals surface area contributed by atoms with Gasteiger partial charge >= 0.3 is 0 Å². The van der Waals surface area contributed by atoms with E-state index in [4.69, 9.17) is 19.7 Å². The van der Waals surface area contributed by atoms with E-state index in [1.807, 2.05) is 0 Å². The SMILES string of the molecule is Cc1ccccc1N(c1cc2c3c(n1)Oc1nc4c(cc1B3c1ccccc1N2c1ccc2c(c1)C(C)(C)CCC2(C)C)B1c2ccccc2N(c2ccc3c(c2)C(C)(C)CCC3(C)C)c2nc(N(c3ccccc3C)c3c(C)cccc3C)cc(c21)N4c1ccccc1)c1c(C)cccc1C. The average molecular weight is 1330 g/mol. The van der Waals surface area contributed by atoms with Gasteiger partial charge in [-0.15, -0.1) is 0 Å². The molecule has 0 spiro atoms. The highest BCUT2D eigenvalue weighted by Gasteiger charge is 2.51. The molecule has 0 unspecified atom stereocenters. The van der Waals surface area contributed by atoms with Gasteiger partial charge in [-0.05, 0) is 232 Å². The van der Waals surface area contributed by atoms with Gasteiger partial charge in [0.15, 0.2) is 0 Å². The predicted octanol–water partition coefficient (Wildman–Crippen LogP) is 19.8. The molecule has 0 fully saturated rings. The Morgan fingerprint density at radius 3 is 1.27 bits per heavy atom. The third-order valence-corrected chi connectivity index (χ3v) is 24.0. The molecule has 2 aliphatic carbocycles. The van der Waals surface area contributed by atoms with E-state index in [9.17, 15) is 0 Å². The first kappa shape index (κ1) is 63.5. The average Bonchev–Trinajstić information content (AvgIpc) is 0.687. The highest BCUT2D eigenvalue weighted by Crippen LogP contribution is 2.54. The second kappa shape index (κ2) is 22.9. The molecule has 7 heterocycles. The van der Waals surface area contributed by atoms with Gasteiger partial charge in [-0.2, -0.15) is 9.97 Å². The van der Waals surface area contributed by atoms with E-state index >= 15 is 0 Å². The number of hydrogen-bond acceptors (Lipinski definition) is 9. The number of aryl methyl sites for hydroxylation is 6. The van der Waals surface area contributed by atoms with Gasteiger partial charge in [0.2, 0.25) is 11.8 Å². The lowest BCUT2D eigenvalue weighted by Crippen LogP contribution is -2.65. The fourth-order valence-electron chi connectivity index (χ4n) is 18.4. The van der Waals surface area contributed by atoms with E-state index in [2.05, 4.69) is 340 Å². The molecule has 6 aliphatic rings. The molecule has 102 heavy (non-hydrogen) atoms. The van der Waals surface area contributed by atoms with E-state index in [0.717, 1.165) is 172 Å². The fraction of sp³-hybridized carbons (Fsp3) is 0.242. The van der Waals surface area contributed by atoms with E-state index in [-0.39, 0.29) is 35.1 Å². The molecule has 0 saturated carbocycles. The Morgan fingerprint density at radius 1 is 0.324 bits per heavy atom. The van der Waals surface area contributed by atoms with E-state index < -0.39 is 0 Å². The normalized spacial score (nSPS) is 16.3. The Bertz CT molecular complexity index is 5460. The summed E-state index contributed by atoms with van der Waals surface area (Å²) in [4.78, 5) is 30.5. The number of anilines is 15. The minimum absolute atomic E-state index is 0.0231. The fourth-order valence-corrected chi connectivity index (χ4v) is 18.4. The molecule has 3 aromatic heterocycles. The van der Waals surface area contributed by atoms with Crippen LogP contribution in [0.3, 0.4) is 0 Å². The summed E-state index contributed by atoms with van der Waals surface area (Å²) < 4.78 is 7.78. The molecule has 0 amide bonds. The van der Waals surface area contributed by atoms with Crippen molar-refractivity contribution in [2.24, 2.45) is 0 Å². The summed E-state index contributed by atoms with van der Waals surface area (Å²) in [5.74, 6) is 4.28. The van der Waals surface area contributed by atoms with Crippen molar-refractivity contribution in [2.75, 3.05) is 24.5 Å². The molecule has 0 N–H and O–H groups in total. The van der Waals surface area contributed by atoms with Crippen molar-refractivity contribution in [2.45, 2.75) is 144 Å². The number of nitrogens with zero attached hydrogens (tertiary/aromatic N) is 8. The van der Waals surface area contributed by atoms with E-state index in [1.165, 1.54) is 27.7 Å². The van der Waals surface area contributed by atoms with Crippen molar-refractivity contribution in [3.05, 3.63) is 274 Å². The number of aromatic nitrogens is 3. The Hall–Kier alpha value is -10.6. The lowest BCUT2D eigenvalue weighted by molar-refractivity contribution is 0.332. The summed E-state index contributed by atoms with van der Waals surface area (Å²) in [5, 5.41) is 0. The van der Waals surface area contributed by atoms with Crippen LogP contribution in [0, 0.1) is 41.5 Å². The summed E-state index contributed by atoms with van der Waals surface area (Å²) >= 11 is 0. The molecule has 12 aromatic rings. The topological polar surface area (TPSA) is 64.1 Å². The Balaban J connectivity index is 0.930. The lowest BCUT2D eigenvalue weighted by Gasteiger charge is -2.45. The third kappa shape index (κ3) is 9.62. The van der Waals surface area contributed by atoms with Crippen LogP contribution in [0.25, 0.3) is 0 Å². The van der Waals surface area contributed by atoms with Crippen LogP contribution < -0.4 is 62.0 Å². The molecular formula is C91H86B2N8O. The van der Waals surface area contributed by atoms with Crippen LogP contribution in [0.2, 0.25) is 0 Å². The Labute approximate surface area is 602 Å². The zero-order valence-electron chi connectivity index (χ0n) is 61.3. The zero-order chi connectivity index (χ0) is 70.2. The number of ether oxygens (including phenoxy) is 1. The molecule has 4 aliphatic heterocycles. The number of pyridine rings is 3. The van der Waals surface area contributed by atoms with Gasteiger partial charge in [0, 0.05) is 46.0 Å². The van der Waals surface area contributed by atoms with Crippen LogP contribution in [0.15, 0.2) is 218 Å². The standard InChI is InChI=1S/C91H86B2N8O/c1-55-28-18-22-38-72(55)100(82-57(3)30-26-31-58(82)4)78-53-76-80-85(94-78)99(63-43-45-65-67(51-63)91(13,14)49-47-89(65,9)10)75-41-25-21-37-69(75)92(80)70-52-71-86(96-84(70)98(76)61-34-16-15-17-35-61)102-87-81-77(54-79(95-87)101(73-39-23-19-29-56(73)2)83-59(5)32-27-33-60(83)6)97(74-40-24-20-36-68(74)93(71)81)62-42-44-64-66(50-62)90(11,12)48-46-88(64,7)8/h15-45,50-54H,46-49H2,1-14H3. The molecule has 0 bridgehead atoms. The first-order valence-corrected chi connectivity index (χ1v) is 36.7. The van der Waals surface area contributed by atoms with Gasteiger partial charge in [-0.1, -0.05) is 201 Å². The first-order valence-electron chi connectivity index (χ1n) is 36.7. The number of benzene rings is 9. The molecule has 502 valence electrons. The minimum Gasteiger partial charge on any atom is -0.422 e. The van der Waals surface area contributed by atoms with Gasteiger partial charge in [-0.25, -0.2) is 4.98 Å². The van der Waals surface area contributed by atoms with Crippen LogP contribution in [0.1, 0.15) is 137 Å². The molecule has 9 aromatic carbocycles. The maximum Gasteiger partial charge on any atom is 0.260 e. The van der Waals surface area contributed by atoms with Crippen LogP contribution >= 0.6 is 0 Å². The molecule has 9 nitrogen and oxygen atoms in total. The van der Waals surface area contributed by atoms with Crippen molar-refractivity contribution >= 4 is 132 Å². The Kier molecular flexibility index (Phi) is 14.3. The Morgan fingerprint density at radius 2 is 0.745 bits per heavy atom. The maximum absolute atomic E-state index is 7.78. The zero-order valence-corrected chi connectivity index (χ0v) is 61.3. The number of rotatable bonds is 9. The summed E-state index contributed by atoms with van der Waals surface area (Å²) in [6.07, 6.45) is 4.46. The summed E-state index contributed by atoms with van der Waals surface area (Å²) in [7, 11) is 0. The lowest BCUT2D eigenvalue weighted by atomic mass is 9.31. The van der Waals surface area contributed by atoms with Gasteiger partial charge in [0.1, 0.15) is 23.3 Å². The van der Waals surface area contributed by atoms with E-state index in [1.54, 1.807) is 0 Å². The van der Waals surface area contributed by atoms with Crippen LogP contribution in [0.4, 0.5) is 85.8 Å². The third-order valence-electron chi connectivity index (χ3n) is 24.0. The van der Waals surface area contributed by atoms with Crippen molar-refractivity contribution < 1.29 is 4.74 Å². The monoisotopic (exact) mass is 1330 g/mol. The summed E-state index contributed by atoms with van der Waals surface area (Å²) in [6.45, 7) is 32.0. The van der Waals surface area contributed by atoms with Gasteiger partial charge in [-0.3, -0.25) is 19.6 Å². The molecule has 0 radical (unpaired) electrons. The second-order valence-electron chi connectivity index (χ2n) is 32.4. The van der Waals surface area contributed by atoms with Crippen molar-refractivity contribution in [3.63, 3.8) is 0 Å². The summed E-state index contributed by atoms with van der Waals surface area (Å²) in [5.41, 5.74) is 30.7. The van der Waals surface area contributed by atoms with Crippen molar-refractivity contribution in [3.8, 4) is 11.8 Å². The van der Waals surface area contributed by atoms with Gasteiger partial charge in [0.25, 0.3) is 13.4 Å². The highest BCUT2D eigenvalue weighted by atomic mass is 16.5. The smallest absolute Gasteiger partial charge is 0.260 e. The number of hydrogen-bond donors (Lipinski definition) is 0. The van der Waals surface area contributed by atoms with Crippen molar-refractivity contribution in [1.29, 1.82) is 0 Å². The van der Waals surface area contributed by atoms with Crippen LogP contribution in [-0.4, -0.2) is 28.4 Å². The molecule has 0 saturated heterocycles. The minimum atomic E-state index is -0.337. The highest BCUT2D eigenvalue weighted by molar-refractivity contribution is 7.02. The molecular weight excluding hydrogens is 1240 g/mol. The molecule has 18 rings (SSSR count). The second-order valence-corrected chi connectivity index (χ2v) is 32.4. The van der Waals surface area contributed by atoms with Crippen LogP contribution in [0.5, 0.6) is 11.8 Å². The van der Waals surface area contributed by atoms with Crippen molar-refractivity contribution in [1.82, 2.24) is 15.0 Å².